The van der Waals surface area contributed by atoms with E-state index in [0.29, 0.717) is 23.5 Å². The molecule has 7 nitrogen and oxygen atoms in total. The molecule has 2 N–H and O–H groups in total. The van der Waals surface area contributed by atoms with Crippen LogP contribution in [0.5, 0.6) is 0 Å². The van der Waals surface area contributed by atoms with E-state index in [0.717, 1.165) is 35.4 Å². The van der Waals surface area contributed by atoms with E-state index in [9.17, 15) is 14.4 Å². The first kappa shape index (κ1) is 23.9. The van der Waals surface area contributed by atoms with Crippen molar-refractivity contribution in [1.29, 1.82) is 0 Å². The second-order valence-electron chi connectivity index (χ2n) is 7.87. The molecule has 0 saturated carbocycles. The van der Waals surface area contributed by atoms with Crippen molar-refractivity contribution in [2.24, 2.45) is 0 Å². The van der Waals surface area contributed by atoms with Gasteiger partial charge in [-0.05, 0) is 38.8 Å². The number of anilines is 1. The van der Waals surface area contributed by atoms with E-state index in [-0.39, 0.29) is 31.0 Å². The lowest BCUT2D eigenvalue weighted by Gasteiger charge is -2.32. The molecule has 1 aliphatic rings. The molecular weight excluding hydrogens is 426 g/mol. The fraction of sp³-hybridized carbons (Fsp3) is 0.458. The summed E-state index contributed by atoms with van der Waals surface area (Å²) < 4.78 is 5.30. The number of piperidine rings is 1. The van der Waals surface area contributed by atoms with Crippen LogP contribution in [-0.4, -0.2) is 55.0 Å². The quantitative estimate of drug-likeness (QED) is 0.588. The Morgan fingerprint density at radius 2 is 1.91 bits per heavy atom. The maximum atomic E-state index is 12.9. The van der Waals surface area contributed by atoms with Gasteiger partial charge in [-0.3, -0.25) is 14.5 Å². The van der Waals surface area contributed by atoms with E-state index in [4.69, 9.17) is 4.74 Å². The van der Waals surface area contributed by atoms with Gasteiger partial charge < -0.3 is 15.4 Å². The van der Waals surface area contributed by atoms with Gasteiger partial charge in [0.1, 0.15) is 10.6 Å². The Labute approximate surface area is 193 Å². The number of nitrogens with one attached hydrogen (secondary N) is 2. The molecule has 0 radical (unpaired) electrons. The molecule has 2 aromatic rings. The molecule has 1 aromatic carbocycles. The summed E-state index contributed by atoms with van der Waals surface area (Å²) in [6, 6.07) is 9.72. The SMILES string of the molecule is CCOC(=O)c1c(NC(=O)CN2CCCC(NC(=O)CC)C2)sc(C)c1-c1ccccc1. The number of amides is 2. The number of esters is 1. The van der Waals surface area contributed by atoms with Crippen molar-refractivity contribution in [2.45, 2.75) is 46.1 Å². The van der Waals surface area contributed by atoms with Crippen LogP contribution >= 0.6 is 11.3 Å². The summed E-state index contributed by atoms with van der Waals surface area (Å²) in [6.07, 6.45) is 2.29. The highest BCUT2D eigenvalue weighted by molar-refractivity contribution is 7.17. The van der Waals surface area contributed by atoms with Gasteiger partial charge >= 0.3 is 5.97 Å². The molecule has 3 rings (SSSR count). The van der Waals surface area contributed by atoms with Crippen LogP contribution in [0.25, 0.3) is 11.1 Å². The zero-order valence-electron chi connectivity index (χ0n) is 18.9. The first-order valence-corrected chi connectivity index (χ1v) is 11.9. The van der Waals surface area contributed by atoms with E-state index in [1.807, 2.05) is 49.1 Å². The van der Waals surface area contributed by atoms with Crippen molar-refractivity contribution < 1.29 is 19.1 Å². The van der Waals surface area contributed by atoms with Crippen molar-refractivity contribution in [1.82, 2.24) is 10.2 Å². The predicted molar refractivity (Wildman–Crippen MR) is 127 cm³/mol. The lowest BCUT2D eigenvalue weighted by molar-refractivity contribution is -0.121. The zero-order chi connectivity index (χ0) is 23.1. The van der Waals surface area contributed by atoms with Crippen LogP contribution in [0.15, 0.2) is 30.3 Å². The molecule has 2 amide bonds. The molecule has 0 bridgehead atoms. The monoisotopic (exact) mass is 457 g/mol. The largest absolute Gasteiger partial charge is 0.462 e. The van der Waals surface area contributed by atoms with Gasteiger partial charge in [0.15, 0.2) is 0 Å². The van der Waals surface area contributed by atoms with Gasteiger partial charge in [-0.2, -0.15) is 0 Å². The van der Waals surface area contributed by atoms with Crippen LogP contribution in [-0.2, 0) is 14.3 Å². The molecular formula is C24H31N3O4S. The minimum absolute atomic E-state index is 0.0304. The highest BCUT2D eigenvalue weighted by Crippen LogP contribution is 2.40. The second kappa shape index (κ2) is 11.2. The summed E-state index contributed by atoms with van der Waals surface area (Å²) in [4.78, 5) is 40.4. The van der Waals surface area contributed by atoms with E-state index < -0.39 is 5.97 Å². The van der Waals surface area contributed by atoms with E-state index in [1.165, 1.54) is 11.3 Å². The predicted octanol–water partition coefficient (Wildman–Crippen LogP) is 3.83. The Bertz CT molecular complexity index is 958. The number of carbonyl (C=O) groups is 3. The molecule has 2 heterocycles. The summed E-state index contributed by atoms with van der Waals surface area (Å²) >= 11 is 1.38. The molecule has 0 spiro atoms. The Balaban J connectivity index is 1.76. The number of hydrogen-bond donors (Lipinski definition) is 2. The molecule has 0 aliphatic carbocycles. The Hall–Kier alpha value is -2.71. The number of carbonyl (C=O) groups excluding carboxylic acids is 3. The number of thiophene rings is 1. The highest BCUT2D eigenvalue weighted by Gasteiger charge is 2.27. The number of ether oxygens (including phenoxy) is 1. The molecule has 1 atom stereocenters. The van der Waals surface area contributed by atoms with Crippen LogP contribution < -0.4 is 10.6 Å². The van der Waals surface area contributed by atoms with Gasteiger partial charge in [-0.15, -0.1) is 11.3 Å². The average molecular weight is 458 g/mol. The topological polar surface area (TPSA) is 87.7 Å². The normalized spacial score (nSPS) is 16.4. The van der Waals surface area contributed by atoms with Crippen molar-refractivity contribution in [3.05, 3.63) is 40.8 Å². The number of nitrogens with zero attached hydrogens (tertiary/aromatic N) is 1. The van der Waals surface area contributed by atoms with Gasteiger partial charge in [-0.25, -0.2) is 4.79 Å². The van der Waals surface area contributed by atoms with Gasteiger partial charge in [0.25, 0.3) is 0 Å². The van der Waals surface area contributed by atoms with E-state index >= 15 is 0 Å². The Kier molecular flexibility index (Phi) is 8.41. The number of rotatable bonds is 8. The van der Waals surface area contributed by atoms with Crippen LogP contribution in [0.1, 0.15) is 48.3 Å². The summed E-state index contributed by atoms with van der Waals surface area (Å²) in [7, 11) is 0. The maximum absolute atomic E-state index is 12.9. The smallest absolute Gasteiger partial charge is 0.341 e. The fourth-order valence-electron chi connectivity index (χ4n) is 4.00. The number of benzene rings is 1. The molecule has 8 heteroatoms. The second-order valence-corrected chi connectivity index (χ2v) is 9.09. The number of aryl methyl sites for hydroxylation is 1. The van der Waals surface area contributed by atoms with E-state index in [2.05, 4.69) is 10.6 Å². The van der Waals surface area contributed by atoms with Crippen LogP contribution in [0.2, 0.25) is 0 Å². The van der Waals surface area contributed by atoms with E-state index in [1.54, 1.807) is 6.92 Å². The number of likely N-dealkylation sites (tertiary alicyclic amines) is 1. The minimum atomic E-state index is -0.439. The van der Waals surface area contributed by atoms with Crippen molar-refractivity contribution in [3.8, 4) is 11.1 Å². The zero-order valence-corrected chi connectivity index (χ0v) is 19.7. The third kappa shape index (κ3) is 5.95. The first-order chi connectivity index (χ1) is 15.4. The minimum Gasteiger partial charge on any atom is -0.462 e. The third-order valence-corrected chi connectivity index (χ3v) is 6.46. The molecule has 172 valence electrons. The lowest BCUT2D eigenvalue weighted by Crippen LogP contribution is -2.49. The Morgan fingerprint density at radius 1 is 1.16 bits per heavy atom. The molecule has 1 unspecified atom stereocenters. The average Bonchev–Trinajstić information content (AvgIpc) is 3.10. The van der Waals surface area contributed by atoms with Crippen molar-refractivity contribution in [3.63, 3.8) is 0 Å². The first-order valence-electron chi connectivity index (χ1n) is 11.1. The van der Waals surface area contributed by atoms with Gasteiger partial charge in [0, 0.05) is 29.4 Å². The molecule has 1 aromatic heterocycles. The van der Waals surface area contributed by atoms with Crippen LogP contribution in [0.3, 0.4) is 0 Å². The summed E-state index contributed by atoms with van der Waals surface area (Å²) in [5.41, 5.74) is 2.11. The highest BCUT2D eigenvalue weighted by atomic mass is 32.1. The van der Waals surface area contributed by atoms with Crippen LogP contribution in [0, 0.1) is 6.92 Å². The van der Waals surface area contributed by atoms with Gasteiger partial charge in [-0.1, -0.05) is 37.3 Å². The number of hydrogen-bond acceptors (Lipinski definition) is 6. The molecule has 1 saturated heterocycles. The summed E-state index contributed by atoms with van der Waals surface area (Å²) in [5, 5.41) is 6.47. The van der Waals surface area contributed by atoms with Crippen molar-refractivity contribution >= 4 is 34.1 Å². The lowest BCUT2D eigenvalue weighted by atomic mass is 10.0. The Morgan fingerprint density at radius 3 is 2.59 bits per heavy atom. The van der Waals surface area contributed by atoms with Crippen LogP contribution in [0.4, 0.5) is 5.00 Å². The van der Waals surface area contributed by atoms with Crippen molar-refractivity contribution in [2.75, 3.05) is 31.6 Å². The maximum Gasteiger partial charge on any atom is 0.341 e. The standard InChI is InChI=1S/C24H31N3O4S/c1-4-19(28)25-18-12-9-13-27(14-18)15-20(29)26-23-22(24(30)31-5-2)21(16(3)32-23)17-10-7-6-8-11-17/h6-8,10-11,18H,4-5,9,12-15H2,1-3H3,(H,25,28)(H,26,29). The summed E-state index contributed by atoms with van der Waals surface area (Å²) in [6.45, 7) is 7.44. The molecule has 32 heavy (non-hydrogen) atoms. The molecule has 1 fully saturated rings. The molecule has 1 aliphatic heterocycles. The van der Waals surface area contributed by atoms with Gasteiger partial charge in [0.2, 0.25) is 11.8 Å². The fourth-order valence-corrected chi connectivity index (χ4v) is 5.08. The third-order valence-electron chi connectivity index (χ3n) is 5.44. The summed E-state index contributed by atoms with van der Waals surface area (Å²) in [5.74, 6) is -0.590. The van der Waals surface area contributed by atoms with Gasteiger partial charge in [0.05, 0.1) is 13.2 Å².